The number of aryl methyl sites for hydroxylation is 1. The predicted octanol–water partition coefficient (Wildman–Crippen LogP) is 4.59. The molecule has 0 bridgehead atoms. The van der Waals surface area contributed by atoms with Crippen molar-refractivity contribution in [2.24, 2.45) is 10.9 Å². The Morgan fingerprint density at radius 3 is 2.63 bits per heavy atom. The van der Waals surface area contributed by atoms with Crippen molar-refractivity contribution in [3.8, 4) is 0 Å². The number of benzene rings is 2. The molecule has 0 aliphatic carbocycles. The average molecular weight is 523 g/mol. The van der Waals surface area contributed by atoms with Crippen LogP contribution >= 0.6 is 24.0 Å². The van der Waals surface area contributed by atoms with Crippen molar-refractivity contribution in [3.05, 3.63) is 70.8 Å². The summed E-state index contributed by atoms with van der Waals surface area (Å²) in [5.41, 5.74) is 4.93. The topological polar surface area (TPSA) is 54.9 Å². The molecule has 1 heterocycles. The van der Waals surface area contributed by atoms with Gasteiger partial charge >= 0.3 is 0 Å². The molecule has 6 heteroatoms. The molecule has 1 fully saturated rings. The van der Waals surface area contributed by atoms with Crippen molar-refractivity contribution >= 4 is 29.9 Å². The maximum Gasteiger partial charge on any atom is 0.191 e. The van der Waals surface area contributed by atoms with Gasteiger partial charge in [-0.05, 0) is 36.5 Å². The first-order valence-electron chi connectivity index (χ1n) is 10.4. The maximum absolute atomic E-state index is 6.14. The number of nitrogens with one attached hydrogen (secondary N) is 2. The summed E-state index contributed by atoms with van der Waals surface area (Å²) in [6, 6.07) is 17.1. The molecule has 0 saturated carbocycles. The second-order valence-corrected chi connectivity index (χ2v) is 7.66. The first-order chi connectivity index (χ1) is 14.2. The molecule has 164 valence electrons. The van der Waals surface area contributed by atoms with Gasteiger partial charge < -0.3 is 20.1 Å². The molecular weight excluding hydrogens is 489 g/mol. The third-order valence-corrected chi connectivity index (χ3v) is 5.37. The zero-order valence-electron chi connectivity index (χ0n) is 18.2. The molecule has 1 saturated heterocycles. The van der Waals surface area contributed by atoms with E-state index in [4.69, 9.17) is 9.47 Å². The van der Waals surface area contributed by atoms with E-state index in [-0.39, 0.29) is 30.1 Å². The minimum Gasteiger partial charge on any atom is -0.380 e. The molecule has 0 amide bonds. The lowest BCUT2D eigenvalue weighted by Gasteiger charge is -2.32. The number of nitrogens with zero attached hydrogens (tertiary/aromatic N) is 1. The van der Waals surface area contributed by atoms with Crippen LogP contribution in [-0.4, -0.2) is 33.3 Å². The van der Waals surface area contributed by atoms with E-state index in [2.05, 4.69) is 71.1 Å². The largest absolute Gasteiger partial charge is 0.380 e. The fraction of sp³-hybridized carbons (Fsp3) is 0.458. The van der Waals surface area contributed by atoms with Gasteiger partial charge in [0.05, 0.1) is 12.7 Å². The summed E-state index contributed by atoms with van der Waals surface area (Å²) < 4.78 is 11.4. The van der Waals surface area contributed by atoms with Crippen molar-refractivity contribution in [1.29, 1.82) is 0 Å². The lowest BCUT2D eigenvalue weighted by atomic mass is 9.89. The van der Waals surface area contributed by atoms with Gasteiger partial charge in [-0.25, -0.2) is 0 Å². The monoisotopic (exact) mass is 523 g/mol. The van der Waals surface area contributed by atoms with Gasteiger partial charge in [-0.3, -0.25) is 4.99 Å². The van der Waals surface area contributed by atoms with Gasteiger partial charge in [0, 0.05) is 39.8 Å². The smallest absolute Gasteiger partial charge is 0.191 e. The summed E-state index contributed by atoms with van der Waals surface area (Å²) in [5, 5.41) is 6.91. The van der Waals surface area contributed by atoms with E-state index in [0.717, 1.165) is 38.5 Å². The molecule has 2 N–H and O–H groups in total. The Morgan fingerprint density at radius 1 is 1.13 bits per heavy atom. The van der Waals surface area contributed by atoms with Crippen LogP contribution in [-0.2, 0) is 22.6 Å². The molecule has 0 radical (unpaired) electrons. The van der Waals surface area contributed by atoms with Crippen molar-refractivity contribution in [2.45, 2.75) is 39.0 Å². The minimum atomic E-state index is 0. The highest BCUT2D eigenvalue weighted by atomic mass is 127. The van der Waals surface area contributed by atoms with Gasteiger partial charge in [0.25, 0.3) is 0 Å². The van der Waals surface area contributed by atoms with Gasteiger partial charge in [-0.15, -0.1) is 24.0 Å². The van der Waals surface area contributed by atoms with E-state index in [0.29, 0.717) is 12.5 Å². The van der Waals surface area contributed by atoms with Gasteiger partial charge in [0.1, 0.15) is 0 Å². The van der Waals surface area contributed by atoms with Crippen LogP contribution in [0.1, 0.15) is 41.2 Å². The number of ether oxygens (including phenoxy) is 2. The third-order valence-electron chi connectivity index (χ3n) is 5.37. The Balaban J connectivity index is 0.00000320. The van der Waals surface area contributed by atoms with Crippen molar-refractivity contribution < 1.29 is 9.47 Å². The summed E-state index contributed by atoms with van der Waals surface area (Å²) in [6.45, 7) is 5.13. The number of rotatable bonds is 7. The Hall–Kier alpha value is -1.64. The first-order valence-corrected chi connectivity index (χ1v) is 10.4. The summed E-state index contributed by atoms with van der Waals surface area (Å²) >= 11 is 0. The first kappa shape index (κ1) is 24.6. The van der Waals surface area contributed by atoms with Crippen LogP contribution in [0.2, 0.25) is 0 Å². The number of guanidine groups is 1. The molecule has 3 rings (SSSR count). The standard InChI is InChI=1S/C24H33N3O2.HI/c1-18-9-11-21(12-10-18)23-22(8-5-13-29-23)16-27-24(25-2)26-15-19-6-4-7-20(14-19)17-28-3;/h4,6-7,9-12,14,22-23H,5,8,13,15-17H2,1-3H3,(H2,25,26,27);1H. The Morgan fingerprint density at radius 2 is 1.90 bits per heavy atom. The number of halogens is 1. The van der Waals surface area contributed by atoms with Crippen LogP contribution in [0.5, 0.6) is 0 Å². The molecule has 0 spiro atoms. The van der Waals surface area contributed by atoms with Crippen LogP contribution < -0.4 is 10.6 Å². The number of methoxy groups -OCH3 is 1. The lowest BCUT2D eigenvalue weighted by Crippen LogP contribution is -2.41. The number of hydrogen-bond acceptors (Lipinski definition) is 3. The Bertz CT molecular complexity index is 795. The van der Waals surface area contributed by atoms with E-state index in [1.54, 1.807) is 7.11 Å². The highest BCUT2D eigenvalue weighted by Crippen LogP contribution is 2.33. The van der Waals surface area contributed by atoms with Crippen LogP contribution in [0.25, 0.3) is 0 Å². The molecule has 2 aromatic carbocycles. The van der Waals surface area contributed by atoms with Gasteiger partial charge in [0.2, 0.25) is 0 Å². The van der Waals surface area contributed by atoms with E-state index in [1.165, 1.54) is 22.3 Å². The van der Waals surface area contributed by atoms with E-state index >= 15 is 0 Å². The van der Waals surface area contributed by atoms with Crippen LogP contribution in [0.15, 0.2) is 53.5 Å². The van der Waals surface area contributed by atoms with Gasteiger partial charge in [0.15, 0.2) is 5.96 Å². The highest BCUT2D eigenvalue weighted by Gasteiger charge is 2.27. The Kier molecular flexibility index (Phi) is 10.6. The molecule has 2 unspecified atom stereocenters. The SMILES string of the molecule is CN=C(NCc1cccc(COC)c1)NCC1CCCOC1c1ccc(C)cc1.I. The summed E-state index contributed by atoms with van der Waals surface area (Å²) in [6.07, 6.45) is 2.40. The second kappa shape index (κ2) is 12.9. The normalized spacial score (nSPS) is 19.1. The number of hydrogen-bond donors (Lipinski definition) is 2. The zero-order valence-corrected chi connectivity index (χ0v) is 20.5. The highest BCUT2D eigenvalue weighted by molar-refractivity contribution is 14.0. The summed E-state index contributed by atoms with van der Waals surface area (Å²) in [4.78, 5) is 4.38. The van der Waals surface area contributed by atoms with Gasteiger partial charge in [-0.2, -0.15) is 0 Å². The molecule has 1 aliphatic rings. The van der Waals surface area contributed by atoms with Crippen molar-refractivity contribution in [2.75, 3.05) is 27.3 Å². The van der Waals surface area contributed by atoms with Crippen molar-refractivity contribution in [3.63, 3.8) is 0 Å². The van der Waals surface area contributed by atoms with Crippen LogP contribution in [0.3, 0.4) is 0 Å². The fourth-order valence-corrected chi connectivity index (χ4v) is 3.81. The minimum absolute atomic E-state index is 0. The molecule has 5 nitrogen and oxygen atoms in total. The summed E-state index contributed by atoms with van der Waals surface area (Å²) in [7, 11) is 3.53. The predicted molar refractivity (Wildman–Crippen MR) is 133 cm³/mol. The molecule has 1 aliphatic heterocycles. The van der Waals surface area contributed by atoms with Crippen LogP contribution in [0.4, 0.5) is 0 Å². The molecule has 2 aromatic rings. The second-order valence-electron chi connectivity index (χ2n) is 7.66. The number of aliphatic imine (C=N–C) groups is 1. The van der Waals surface area contributed by atoms with Gasteiger partial charge in [-0.1, -0.05) is 54.1 Å². The average Bonchev–Trinajstić information content (AvgIpc) is 2.75. The summed E-state index contributed by atoms with van der Waals surface area (Å²) in [5.74, 6) is 1.24. The zero-order chi connectivity index (χ0) is 20.5. The third kappa shape index (κ3) is 7.25. The van der Waals surface area contributed by atoms with E-state index < -0.39 is 0 Å². The lowest BCUT2D eigenvalue weighted by molar-refractivity contribution is -0.0265. The molecule has 0 aromatic heterocycles. The quantitative estimate of drug-likeness (QED) is 0.317. The van der Waals surface area contributed by atoms with E-state index in [1.807, 2.05) is 7.05 Å². The molecule has 30 heavy (non-hydrogen) atoms. The van der Waals surface area contributed by atoms with Crippen LogP contribution in [0, 0.1) is 12.8 Å². The molecular formula is C24H34IN3O2. The fourth-order valence-electron chi connectivity index (χ4n) is 3.81. The molecule has 2 atom stereocenters. The van der Waals surface area contributed by atoms with E-state index in [9.17, 15) is 0 Å². The maximum atomic E-state index is 6.14. The Labute approximate surface area is 197 Å². The van der Waals surface area contributed by atoms with Crippen molar-refractivity contribution in [1.82, 2.24) is 10.6 Å².